The summed E-state index contributed by atoms with van der Waals surface area (Å²) in [5.41, 5.74) is 8.26. The minimum atomic E-state index is 0.248. The van der Waals surface area contributed by atoms with Gasteiger partial charge in [0, 0.05) is 24.4 Å². The van der Waals surface area contributed by atoms with Gasteiger partial charge < -0.3 is 5.73 Å². The third kappa shape index (κ3) is 2.40. The Balaban J connectivity index is 2.10. The lowest BCUT2D eigenvalue weighted by atomic mass is 10.2. The fraction of sp³-hybridized carbons (Fsp3) is 0.214. The van der Waals surface area contributed by atoms with Crippen LogP contribution in [0.25, 0.3) is 22.4 Å². The van der Waals surface area contributed by atoms with Crippen molar-refractivity contribution in [2.75, 3.05) is 5.73 Å². The molecule has 1 aromatic carbocycles. The van der Waals surface area contributed by atoms with Gasteiger partial charge in [-0.05, 0) is 24.6 Å². The number of rotatable bonds is 3. The molecule has 3 rings (SSSR count). The number of hydrogen-bond donors (Lipinski definition) is 1. The van der Waals surface area contributed by atoms with E-state index in [-0.39, 0.29) is 5.95 Å². The maximum atomic E-state index is 5.75. The molecule has 0 aliphatic rings. The van der Waals surface area contributed by atoms with Crippen LogP contribution in [0.2, 0.25) is 0 Å². The number of hydrogen-bond acceptors (Lipinski definition) is 6. The Morgan fingerprint density at radius 2 is 1.80 bits per heavy atom. The first-order valence-electron chi connectivity index (χ1n) is 6.48. The summed E-state index contributed by atoms with van der Waals surface area (Å²) in [6, 6.07) is 5.73. The number of benzene rings is 1. The van der Waals surface area contributed by atoms with Gasteiger partial charge in [-0.1, -0.05) is 6.92 Å². The van der Waals surface area contributed by atoms with Crippen LogP contribution in [0, 0.1) is 0 Å². The molecule has 0 aliphatic heterocycles. The lowest BCUT2D eigenvalue weighted by Gasteiger charge is -2.05. The Morgan fingerprint density at radius 3 is 2.60 bits per heavy atom. The molecular weight excluding hydrogens is 252 g/mol. The van der Waals surface area contributed by atoms with Crippen molar-refractivity contribution in [3.63, 3.8) is 0 Å². The van der Waals surface area contributed by atoms with Crippen LogP contribution >= 0.6 is 0 Å². The van der Waals surface area contributed by atoms with Gasteiger partial charge in [0.15, 0.2) is 5.82 Å². The van der Waals surface area contributed by atoms with Gasteiger partial charge in [-0.3, -0.25) is 9.97 Å². The SMILES string of the molecule is CCCc1nc(N)nc(-c2ccc3nccnc3c2)n1. The van der Waals surface area contributed by atoms with E-state index in [1.807, 2.05) is 18.2 Å². The number of aromatic nitrogens is 5. The van der Waals surface area contributed by atoms with Gasteiger partial charge >= 0.3 is 0 Å². The van der Waals surface area contributed by atoms with E-state index in [1.165, 1.54) is 0 Å². The second kappa shape index (κ2) is 5.16. The second-order valence-electron chi connectivity index (χ2n) is 4.44. The molecule has 2 N–H and O–H groups in total. The molecule has 20 heavy (non-hydrogen) atoms. The van der Waals surface area contributed by atoms with Crippen molar-refractivity contribution < 1.29 is 0 Å². The number of nitrogens with zero attached hydrogens (tertiary/aromatic N) is 5. The van der Waals surface area contributed by atoms with Crippen LogP contribution in [0.5, 0.6) is 0 Å². The van der Waals surface area contributed by atoms with E-state index in [1.54, 1.807) is 12.4 Å². The second-order valence-corrected chi connectivity index (χ2v) is 4.44. The molecule has 0 saturated carbocycles. The molecule has 0 radical (unpaired) electrons. The molecule has 0 unspecified atom stereocenters. The van der Waals surface area contributed by atoms with E-state index < -0.39 is 0 Å². The Hall–Kier alpha value is -2.63. The van der Waals surface area contributed by atoms with Gasteiger partial charge in [-0.25, -0.2) is 4.98 Å². The molecule has 0 saturated heterocycles. The Kier molecular flexibility index (Phi) is 3.20. The van der Waals surface area contributed by atoms with Gasteiger partial charge in [0.25, 0.3) is 0 Å². The van der Waals surface area contributed by atoms with Gasteiger partial charge in [0.1, 0.15) is 5.82 Å². The Morgan fingerprint density at radius 1 is 1.00 bits per heavy atom. The molecule has 100 valence electrons. The van der Waals surface area contributed by atoms with E-state index >= 15 is 0 Å². The van der Waals surface area contributed by atoms with Crippen molar-refractivity contribution in [3.05, 3.63) is 36.4 Å². The molecule has 0 fully saturated rings. The molecule has 0 aliphatic carbocycles. The summed E-state index contributed by atoms with van der Waals surface area (Å²) in [5, 5.41) is 0. The fourth-order valence-corrected chi connectivity index (χ4v) is 2.00. The smallest absolute Gasteiger partial charge is 0.223 e. The largest absolute Gasteiger partial charge is 0.368 e. The number of aryl methyl sites for hydroxylation is 1. The van der Waals surface area contributed by atoms with E-state index in [2.05, 4.69) is 31.8 Å². The first-order valence-corrected chi connectivity index (χ1v) is 6.48. The van der Waals surface area contributed by atoms with Crippen LogP contribution in [0.3, 0.4) is 0 Å². The molecule has 0 bridgehead atoms. The van der Waals surface area contributed by atoms with E-state index in [0.717, 1.165) is 29.4 Å². The number of anilines is 1. The summed E-state index contributed by atoms with van der Waals surface area (Å²) in [7, 11) is 0. The molecule has 3 aromatic rings. The van der Waals surface area contributed by atoms with Crippen LogP contribution in [-0.4, -0.2) is 24.9 Å². The quantitative estimate of drug-likeness (QED) is 0.779. The van der Waals surface area contributed by atoms with Crippen LogP contribution in [0.15, 0.2) is 30.6 Å². The highest BCUT2D eigenvalue weighted by atomic mass is 15.1. The average Bonchev–Trinajstić information content (AvgIpc) is 2.46. The maximum Gasteiger partial charge on any atom is 0.223 e. The van der Waals surface area contributed by atoms with Crippen molar-refractivity contribution in [2.45, 2.75) is 19.8 Å². The zero-order chi connectivity index (χ0) is 13.9. The lowest BCUT2D eigenvalue weighted by molar-refractivity contribution is 0.825. The summed E-state index contributed by atoms with van der Waals surface area (Å²) in [6.07, 6.45) is 5.08. The lowest BCUT2D eigenvalue weighted by Crippen LogP contribution is -2.04. The van der Waals surface area contributed by atoms with Crippen molar-refractivity contribution >= 4 is 17.0 Å². The normalized spacial score (nSPS) is 10.8. The van der Waals surface area contributed by atoms with Crippen molar-refractivity contribution in [3.8, 4) is 11.4 Å². The highest BCUT2D eigenvalue weighted by Gasteiger charge is 2.07. The summed E-state index contributed by atoms with van der Waals surface area (Å²) < 4.78 is 0. The van der Waals surface area contributed by atoms with Crippen molar-refractivity contribution in [1.82, 2.24) is 24.9 Å². The van der Waals surface area contributed by atoms with Crippen LogP contribution in [0.1, 0.15) is 19.2 Å². The van der Waals surface area contributed by atoms with Crippen molar-refractivity contribution in [2.24, 2.45) is 0 Å². The number of nitrogen functional groups attached to an aromatic ring is 1. The molecule has 2 aromatic heterocycles. The molecule has 6 nitrogen and oxygen atoms in total. The summed E-state index contributed by atoms with van der Waals surface area (Å²) in [5.74, 6) is 1.54. The van der Waals surface area contributed by atoms with Gasteiger partial charge in [-0.15, -0.1) is 0 Å². The first-order chi connectivity index (χ1) is 9.76. The molecule has 0 spiro atoms. The topological polar surface area (TPSA) is 90.5 Å². The van der Waals surface area contributed by atoms with E-state index in [0.29, 0.717) is 11.6 Å². The van der Waals surface area contributed by atoms with E-state index in [9.17, 15) is 0 Å². The third-order valence-electron chi connectivity index (χ3n) is 2.90. The summed E-state index contributed by atoms with van der Waals surface area (Å²) in [4.78, 5) is 21.3. The van der Waals surface area contributed by atoms with Crippen LogP contribution in [0.4, 0.5) is 5.95 Å². The minimum Gasteiger partial charge on any atom is -0.368 e. The monoisotopic (exact) mass is 266 g/mol. The fourth-order valence-electron chi connectivity index (χ4n) is 2.00. The van der Waals surface area contributed by atoms with Gasteiger partial charge in [-0.2, -0.15) is 9.97 Å². The predicted octanol–water partition coefficient (Wildman–Crippen LogP) is 2.02. The third-order valence-corrected chi connectivity index (χ3v) is 2.90. The zero-order valence-electron chi connectivity index (χ0n) is 11.1. The molecule has 0 atom stereocenters. The standard InChI is InChI=1S/C14H14N6/c1-2-3-12-18-13(20-14(15)19-12)9-4-5-10-11(8-9)17-7-6-16-10/h4-8H,2-3H2,1H3,(H2,15,18,19,20). The summed E-state index contributed by atoms with van der Waals surface area (Å²) >= 11 is 0. The molecule has 2 heterocycles. The molecule has 0 amide bonds. The number of nitrogens with two attached hydrogens (primary N) is 1. The Labute approximate surface area is 116 Å². The predicted molar refractivity (Wildman–Crippen MR) is 76.8 cm³/mol. The maximum absolute atomic E-state index is 5.75. The van der Waals surface area contributed by atoms with Crippen LogP contribution in [-0.2, 0) is 6.42 Å². The minimum absolute atomic E-state index is 0.248. The average molecular weight is 266 g/mol. The van der Waals surface area contributed by atoms with E-state index in [4.69, 9.17) is 5.73 Å². The first kappa shape index (κ1) is 12.4. The Bertz CT molecular complexity index is 755. The van der Waals surface area contributed by atoms with Gasteiger partial charge in [0.05, 0.1) is 11.0 Å². The van der Waals surface area contributed by atoms with Crippen LogP contribution < -0.4 is 5.73 Å². The molecular formula is C14H14N6. The van der Waals surface area contributed by atoms with Gasteiger partial charge in [0.2, 0.25) is 5.95 Å². The zero-order valence-corrected chi connectivity index (χ0v) is 11.1. The highest BCUT2D eigenvalue weighted by Crippen LogP contribution is 2.20. The summed E-state index contributed by atoms with van der Waals surface area (Å²) in [6.45, 7) is 2.07. The van der Waals surface area contributed by atoms with Crippen molar-refractivity contribution in [1.29, 1.82) is 0 Å². The molecule has 6 heteroatoms. The highest BCUT2D eigenvalue weighted by molar-refractivity contribution is 5.79. The number of fused-ring (bicyclic) bond motifs is 1.